The average molecular weight is 465 g/mol. The van der Waals surface area contributed by atoms with Crippen molar-refractivity contribution in [3.05, 3.63) is 0 Å². The van der Waals surface area contributed by atoms with Gasteiger partial charge in [0, 0.05) is 25.2 Å². The predicted molar refractivity (Wildman–Crippen MR) is 120 cm³/mol. The lowest BCUT2D eigenvalue weighted by atomic mass is 10.1. The number of rotatable bonds is 26. The van der Waals surface area contributed by atoms with E-state index in [1.165, 1.54) is 0 Å². The summed E-state index contributed by atoms with van der Waals surface area (Å²) in [5.74, 6) is 0.500. The van der Waals surface area contributed by atoms with Crippen molar-refractivity contribution in [1.29, 1.82) is 0 Å². The summed E-state index contributed by atoms with van der Waals surface area (Å²) >= 11 is 0. The molecule has 0 unspecified atom stereocenters. The molecule has 0 aromatic rings. The number of hydrogen-bond donors (Lipinski definition) is 0. The van der Waals surface area contributed by atoms with Gasteiger partial charge in [0.05, 0.1) is 92.5 Å². The largest absolute Gasteiger partial charge is 0.379 e. The van der Waals surface area contributed by atoms with Crippen molar-refractivity contribution >= 4 is 11.6 Å². The molecule has 9 heteroatoms. The summed E-state index contributed by atoms with van der Waals surface area (Å²) < 4.78 is 37.7. The summed E-state index contributed by atoms with van der Waals surface area (Å²) in [7, 11) is 0. The van der Waals surface area contributed by atoms with Gasteiger partial charge in [0.1, 0.15) is 11.6 Å². The first-order valence-corrected chi connectivity index (χ1v) is 11.7. The van der Waals surface area contributed by atoms with Gasteiger partial charge in [-0.1, -0.05) is 20.8 Å². The lowest BCUT2D eigenvalue weighted by molar-refractivity contribution is -0.123. The number of ketones is 2. The molecule has 9 nitrogen and oxygen atoms in total. The molecule has 0 spiro atoms. The lowest BCUT2D eigenvalue weighted by Gasteiger charge is -2.08. The fourth-order valence-electron chi connectivity index (χ4n) is 2.25. The van der Waals surface area contributed by atoms with Crippen molar-refractivity contribution in [3.8, 4) is 0 Å². The zero-order valence-corrected chi connectivity index (χ0v) is 20.3. The molecule has 0 N–H and O–H groups in total. The van der Waals surface area contributed by atoms with Gasteiger partial charge < -0.3 is 33.2 Å². The van der Waals surface area contributed by atoms with Crippen LogP contribution in [0.25, 0.3) is 0 Å². The van der Waals surface area contributed by atoms with Crippen LogP contribution in [-0.4, -0.2) is 104 Å². The molecule has 0 aliphatic rings. The van der Waals surface area contributed by atoms with Crippen LogP contribution in [0.5, 0.6) is 0 Å². The number of carbonyl (C=O) groups is 2. The van der Waals surface area contributed by atoms with E-state index in [9.17, 15) is 9.59 Å². The summed E-state index contributed by atoms with van der Waals surface area (Å²) in [5, 5.41) is 0. The van der Waals surface area contributed by atoms with Crippen LogP contribution in [0.2, 0.25) is 0 Å². The Kier molecular flexibility index (Phi) is 24.0. The van der Waals surface area contributed by atoms with Gasteiger partial charge in [-0.05, 0) is 0 Å². The van der Waals surface area contributed by atoms with Crippen molar-refractivity contribution in [1.82, 2.24) is 0 Å². The third kappa shape index (κ3) is 23.7. The first kappa shape index (κ1) is 31.1. The molecule has 0 radical (unpaired) electrons. The van der Waals surface area contributed by atoms with Crippen LogP contribution in [0.15, 0.2) is 0 Å². The monoisotopic (exact) mass is 464 g/mol. The Bertz CT molecular complexity index is 430. The Morgan fingerprint density at radius 1 is 0.500 bits per heavy atom. The molecule has 0 bridgehead atoms. The maximum absolute atomic E-state index is 11.4. The predicted octanol–water partition coefficient (Wildman–Crippen LogP) is 2.09. The van der Waals surface area contributed by atoms with E-state index in [1.807, 2.05) is 20.8 Å². The van der Waals surface area contributed by atoms with Crippen LogP contribution in [0.3, 0.4) is 0 Å². The summed E-state index contributed by atoms with van der Waals surface area (Å²) in [6, 6.07) is 0. The van der Waals surface area contributed by atoms with Crippen LogP contribution in [0.1, 0.15) is 40.0 Å². The standard InChI is InChI=1S/C23H44O9/c1-4-22(24)5-7-26-9-11-28-13-15-30-17-19-32-20-18-31-16-14-29-12-10-27-8-6-23(25)21(2)3/h21H,4-20H2,1-3H3. The van der Waals surface area contributed by atoms with Crippen LogP contribution < -0.4 is 0 Å². The third-order valence-electron chi connectivity index (χ3n) is 4.29. The topological polar surface area (TPSA) is 98.8 Å². The minimum absolute atomic E-state index is 0.0647. The Morgan fingerprint density at radius 3 is 1.06 bits per heavy atom. The van der Waals surface area contributed by atoms with Gasteiger partial charge in [0.25, 0.3) is 0 Å². The molecule has 190 valence electrons. The van der Waals surface area contributed by atoms with Gasteiger partial charge in [-0.15, -0.1) is 0 Å². The number of hydrogen-bond acceptors (Lipinski definition) is 9. The van der Waals surface area contributed by atoms with Gasteiger partial charge in [-0.2, -0.15) is 0 Å². The highest BCUT2D eigenvalue weighted by atomic mass is 16.6. The fraction of sp³-hybridized carbons (Fsp3) is 0.913. The Balaban J connectivity index is 3.08. The number of ether oxygens (including phenoxy) is 7. The van der Waals surface area contributed by atoms with Crippen LogP contribution >= 0.6 is 0 Å². The Hall–Kier alpha value is -0.940. The average Bonchev–Trinajstić information content (AvgIpc) is 2.79. The Morgan fingerprint density at radius 2 is 0.781 bits per heavy atom. The second kappa shape index (κ2) is 24.7. The van der Waals surface area contributed by atoms with Crippen molar-refractivity contribution in [2.45, 2.75) is 40.0 Å². The van der Waals surface area contributed by atoms with Crippen molar-refractivity contribution < 1.29 is 42.7 Å². The molecule has 0 saturated heterocycles. The molecule has 0 aliphatic carbocycles. The van der Waals surface area contributed by atoms with E-state index in [0.29, 0.717) is 112 Å². The molecule has 32 heavy (non-hydrogen) atoms. The third-order valence-corrected chi connectivity index (χ3v) is 4.29. The highest BCUT2D eigenvalue weighted by molar-refractivity contribution is 5.80. The van der Waals surface area contributed by atoms with E-state index in [0.717, 1.165) is 0 Å². The highest BCUT2D eigenvalue weighted by Crippen LogP contribution is 1.98. The van der Waals surface area contributed by atoms with Gasteiger partial charge >= 0.3 is 0 Å². The van der Waals surface area contributed by atoms with E-state index in [4.69, 9.17) is 33.2 Å². The molecule has 0 saturated carbocycles. The van der Waals surface area contributed by atoms with Gasteiger partial charge in [0.15, 0.2) is 0 Å². The van der Waals surface area contributed by atoms with Gasteiger partial charge in [-0.25, -0.2) is 0 Å². The minimum atomic E-state index is 0.0647. The molecule has 0 atom stereocenters. The fourth-order valence-corrected chi connectivity index (χ4v) is 2.25. The molecule has 0 aliphatic heterocycles. The molecule has 0 amide bonds. The Labute approximate surface area is 193 Å². The molecular formula is C23H44O9. The van der Waals surface area contributed by atoms with E-state index in [1.54, 1.807) is 0 Å². The number of Topliss-reactive ketones (excluding diaryl/α,β-unsaturated/α-hetero) is 2. The summed E-state index contributed by atoms with van der Waals surface area (Å²) in [5.41, 5.74) is 0. The SMILES string of the molecule is CCC(=O)CCOCCOCCOCCOCCOCCOCCOCCC(=O)C(C)C. The second-order valence-corrected chi connectivity index (χ2v) is 7.30. The maximum Gasteiger partial charge on any atom is 0.137 e. The molecule has 0 heterocycles. The molecule has 0 rings (SSSR count). The lowest BCUT2D eigenvalue weighted by Crippen LogP contribution is -2.15. The molecular weight excluding hydrogens is 420 g/mol. The van der Waals surface area contributed by atoms with Crippen molar-refractivity contribution in [2.24, 2.45) is 5.92 Å². The maximum atomic E-state index is 11.4. The van der Waals surface area contributed by atoms with Crippen molar-refractivity contribution in [2.75, 3.05) is 92.5 Å². The highest BCUT2D eigenvalue weighted by Gasteiger charge is 2.06. The van der Waals surface area contributed by atoms with Crippen LogP contribution in [0.4, 0.5) is 0 Å². The van der Waals surface area contributed by atoms with Crippen LogP contribution in [-0.2, 0) is 42.7 Å². The van der Waals surface area contributed by atoms with E-state index >= 15 is 0 Å². The quantitative estimate of drug-likeness (QED) is 0.178. The smallest absolute Gasteiger partial charge is 0.137 e. The van der Waals surface area contributed by atoms with Crippen molar-refractivity contribution in [3.63, 3.8) is 0 Å². The first-order valence-electron chi connectivity index (χ1n) is 11.7. The van der Waals surface area contributed by atoms with E-state index in [2.05, 4.69) is 0 Å². The number of carbonyl (C=O) groups excluding carboxylic acids is 2. The van der Waals surface area contributed by atoms with Gasteiger partial charge in [0.2, 0.25) is 0 Å². The summed E-state index contributed by atoms with van der Waals surface area (Å²) in [6.07, 6.45) is 1.49. The molecule has 0 aromatic carbocycles. The normalized spacial score (nSPS) is 11.4. The molecule has 0 fully saturated rings. The minimum Gasteiger partial charge on any atom is -0.379 e. The second-order valence-electron chi connectivity index (χ2n) is 7.30. The summed E-state index contributed by atoms with van der Waals surface area (Å²) in [4.78, 5) is 22.5. The molecule has 0 aromatic heterocycles. The van der Waals surface area contributed by atoms with Gasteiger partial charge in [-0.3, -0.25) is 9.59 Å². The van der Waals surface area contributed by atoms with E-state index in [-0.39, 0.29) is 17.5 Å². The van der Waals surface area contributed by atoms with Crippen LogP contribution in [0, 0.1) is 5.92 Å². The first-order chi connectivity index (χ1) is 15.6. The van der Waals surface area contributed by atoms with E-state index < -0.39 is 0 Å². The zero-order chi connectivity index (χ0) is 23.7. The summed E-state index contributed by atoms with van der Waals surface area (Å²) in [6.45, 7) is 12.5. The zero-order valence-electron chi connectivity index (χ0n) is 20.3.